The maximum Gasteiger partial charge on any atom is 0.333 e. The van der Waals surface area contributed by atoms with E-state index < -0.39 is 120 Å². The van der Waals surface area contributed by atoms with Gasteiger partial charge in [-0.1, -0.05) is 60.1 Å². The van der Waals surface area contributed by atoms with E-state index in [2.05, 4.69) is 28.7 Å². The molecular weight excluding hydrogens is 1040 g/mol. The zero-order valence-electron chi connectivity index (χ0n) is 43.3. The lowest BCUT2D eigenvalue weighted by Gasteiger charge is -2.57. The largest absolute Gasteiger partial charge is 0.487 e. The number of nitrogens with zero attached hydrogens (tertiary/aromatic N) is 1. The van der Waals surface area contributed by atoms with E-state index in [1.165, 1.54) is 0 Å². The van der Waals surface area contributed by atoms with E-state index in [0.29, 0.717) is 52.7 Å². The topological polar surface area (TPSA) is 333 Å². The average Bonchev–Trinajstić information content (AvgIpc) is 4.41. The Hall–Kier alpha value is -6.86. The Kier molecular flexibility index (Phi) is 12.9. The number of hydrogen-bond acceptors (Lipinski definition) is 18. The number of aliphatic carboxylic acids is 1. The molecule has 1 spiro atoms. The number of aliphatic hydroxyl groups excluding tert-OH is 6. The van der Waals surface area contributed by atoms with Crippen molar-refractivity contribution in [1.82, 2.24) is 9.55 Å². The number of aliphatic hydroxyl groups is 7. The first-order valence-corrected chi connectivity index (χ1v) is 27.2. The molecule has 1 saturated heterocycles. The van der Waals surface area contributed by atoms with Gasteiger partial charge in [0.1, 0.15) is 54.7 Å². The first-order chi connectivity index (χ1) is 38.6. The number of rotatable bonds is 11. The Labute approximate surface area is 458 Å². The second-order valence-corrected chi connectivity index (χ2v) is 22.6. The lowest BCUT2D eigenvalue weighted by molar-refractivity contribution is -0.359. The summed E-state index contributed by atoms with van der Waals surface area (Å²) < 4.78 is 48.4. The minimum absolute atomic E-state index is 0.0319. The SMILES string of the molecule is NC(N)[C@@H]1OC(=O)[C@@H](C(=O)O)C#C[C@@H]2CC[C@@H]3c4c(cc5c(c4Cn4cc6cc[nH]c6c4CO)[C@@H]4Oc6c7ccc(OCO)c6OC[C@@H](O)C#C[C@@H](c6ccccc6)[C@H](O5)[C@@H]74)O[C@@H]4O[C@H]1[C@@H](O)[C@H](O)[C@]4(O)[C@@]31CC[C@]2(CCCO)C1. The molecule has 2 aromatic heterocycles. The monoisotopic (exact) mass is 1100 g/mol. The van der Waals surface area contributed by atoms with Gasteiger partial charge in [0.2, 0.25) is 18.0 Å². The lowest BCUT2D eigenvalue weighted by atomic mass is 9.55. The number of nitrogens with two attached hydrogens (primary N) is 2. The van der Waals surface area contributed by atoms with Crippen LogP contribution in [0.5, 0.6) is 28.7 Å². The molecule has 0 amide bonds. The van der Waals surface area contributed by atoms with Gasteiger partial charge in [0.25, 0.3) is 0 Å². The lowest BCUT2D eigenvalue weighted by Crippen LogP contribution is -2.76. The molecule has 9 aliphatic rings. The van der Waals surface area contributed by atoms with Crippen LogP contribution in [-0.2, 0) is 32.2 Å². The van der Waals surface area contributed by atoms with Crippen molar-refractivity contribution in [3.63, 3.8) is 0 Å². The molecule has 3 aromatic carbocycles. The second-order valence-electron chi connectivity index (χ2n) is 22.6. The third kappa shape index (κ3) is 7.78. The van der Waals surface area contributed by atoms with Crippen LogP contribution in [0.4, 0.5) is 0 Å². The van der Waals surface area contributed by atoms with Crippen molar-refractivity contribution >= 4 is 22.8 Å². The van der Waals surface area contributed by atoms with Gasteiger partial charge in [-0.15, -0.1) is 0 Å². The third-order valence-corrected chi connectivity index (χ3v) is 18.8. The molecule has 420 valence electrons. The molecule has 10 bridgehead atoms. The average molecular weight is 1100 g/mol. The Bertz CT molecular complexity index is 3410. The van der Waals surface area contributed by atoms with Crippen LogP contribution in [0.15, 0.2) is 67.0 Å². The van der Waals surface area contributed by atoms with E-state index in [9.17, 15) is 50.4 Å². The number of carboxylic acids is 1. The Balaban J connectivity index is 1.11. The van der Waals surface area contributed by atoms with E-state index in [-0.39, 0.29) is 80.8 Å². The Morgan fingerprint density at radius 2 is 1.73 bits per heavy atom. The quantitative estimate of drug-likeness (QED) is 0.0391. The fraction of sp³-hybridized carbons (Fsp3) is 0.492. The van der Waals surface area contributed by atoms with Crippen molar-refractivity contribution in [3.05, 3.63) is 101 Å². The number of nitrogens with one attached hydrogen (secondary N) is 1. The highest BCUT2D eigenvalue weighted by molar-refractivity contribution is 5.97. The number of aromatic nitrogens is 2. The predicted octanol–water partition coefficient (Wildman–Crippen LogP) is 2.22. The molecule has 2 aliphatic carbocycles. The number of fused-ring (bicyclic) bond motifs is 10. The molecule has 16 atom stereocenters. The maximum absolute atomic E-state index is 14.2. The molecule has 3 fully saturated rings. The molecule has 7 aliphatic heterocycles. The van der Waals surface area contributed by atoms with Crippen LogP contribution in [0.3, 0.4) is 0 Å². The third-order valence-electron chi connectivity index (χ3n) is 18.8. The number of carboxylic acid groups (broad SMARTS) is 1. The van der Waals surface area contributed by atoms with Gasteiger partial charge in [-0.25, -0.2) is 0 Å². The number of carbonyl (C=O) groups is 2. The van der Waals surface area contributed by atoms with Crippen LogP contribution in [-0.4, -0.2) is 137 Å². The van der Waals surface area contributed by atoms with Gasteiger partial charge in [0.15, 0.2) is 30.0 Å². The predicted molar refractivity (Wildman–Crippen MR) is 279 cm³/mol. The summed E-state index contributed by atoms with van der Waals surface area (Å²) in [7, 11) is 0. The van der Waals surface area contributed by atoms with Gasteiger partial charge < -0.3 is 95.0 Å². The van der Waals surface area contributed by atoms with E-state index in [4.69, 9.17) is 44.6 Å². The Morgan fingerprint density at radius 3 is 2.49 bits per heavy atom. The number of aromatic amines is 1. The van der Waals surface area contributed by atoms with Crippen molar-refractivity contribution in [1.29, 1.82) is 0 Å². The van der Waals surface area contributed by atoms with E-state index in [0.717, 1.165) is 10.9 Å². The second kappa shape index (κ2) is 19.7. The van der Waals surface area contributed by atoms with Crippen molar-refractivity contribution in [2.24, 2.45) is 34.1 Å². The molecule has 9 heterocycles. The standard InChI is InChI=1S/C59H62N4O17/c60-53(61)51-50-45(68)52(69)59(73)56(80-50)77-39-21-40-42(49-43-33-12-14-38(75-27-66)48(47(33)78-49)74-25-31(67)9-11-32(46(43)76-40)28-5-2-1-3-6-28)35(23-63-22-29-15-19-62-44(29)37(63)24-65)41(39)36-13-8-30(7-10-34(54(70)71)55(72)79-51)57(16-4-20-64)17-18-58(36,59)26-57/h1-3,5-6,12,14-15,19,21-22,30-32,34,36,43,45-46,49-53,56,62,64-69,73H,4,8,13,16-18,20,23-27,60-61H2,(H,70,71)/t30-,31+,32+,34-,36-,43-,45-,46+,49+,50+,51-,52+,56-,57-,58-,59-/m1/s1. The molecule has 5 aromatic rings. The number of ether oxygens (including phenoxy) is 7. The highest BCUT2D eigenvalue weighted by Crippen LogP contribution is 2.73. The summed E-state index contributed by atoms with van der Waals surface area (Å²) >= 11 is 0. The van der Waals surface area contributed by atoms with Crippen LogP contribution in [0.1, 0.15) is 102 Å². The molecule has 0 unspecified atom stereocenters. The van der Waals surface area contributed by atoms with Crippen LogP contribution in [0.2, 0.25) is 0 Å². The zero-order valence-corrected chi connectivity index (χ0v) is 43.3. The van der Waals surface area contributed by atoms with Crippen LogP contribution in [0.25, 0.3) is 10.9 Å². The molecule has 0 radical (unpaired) electrons. The van der Waals surface area contributed by atoms with Crippen LogP contribution >= 0.6 is 0 Å². The van der Waals surface area contributed by atoms with Gasteiger partial charge in [0, 0.05) is 65.0 Å². The molecule has 2 saturated carbocycles. The summed E-state index contributed by atoms with van der Waals surface area (Å²) in [6, 6.07) is 16.6. The number of carbonyl (C=O) groups excluding carboxylic acids is 1. The van der Waals surface area contributed by atoms with Gasteiger partial charge >= 0.3 is 11.9 Å². The molecule has 14 rings (SSSR count). The van der Waals surface area contributed by atoms with Crippen molar-refractivity contribution in [2.45, 2.75) is 137 Å². The summed E-state index contributed by atoms with van der Waals surface area (Å²) in [6.07, 6.45) is -8.89. The van der Waals surface area contributed by atoms with E-state index >= 15 is 0 Å². The molecule has 13 N–H and O–H groups in total. The number of esters is 1. The van der Waals surface area contributed by atoms with Crippen molar-refractivity contribution < 1.29 is 83.6 Å². The van der Waals surface area contributed by atoms with Crippen molar-refractivity contribution in [3.8, 4) is 52.4 Å². The first kappa shape index (κ1) is 52.5. The molecular formula is C59H62N4O17. The van der Waals surface area contributed by atoms with Gasteiger partial charge in [0.05, 0.1) is 35.8 Å². The van der Waals surface area contributed by atoms with Gasteiger partial charge in [-0.05, 0) is 79.5 Å². The minimum atomic E-state index is -2.49. The number of H-pyrrole nitrogens is 1. The first-order valence-electron chi connectivity index (χ1n) is 27.2. The minimum Gasteiger partial charge on any atom is -0.487 e. The summed E-state index contributed by atoms with van der Waals surface area (Å²) in [5.41, 5.74) is 12.1. The molecule has 80 heavy (non-hydrogen) atoms. The normalized spacial score (nSPS) is 35.0. The summed E-state index contributed by atoms with van der Waals surface area (Å²) in [4.78, 5) is 30.2. The smallest absolute Gasteiger partial charge is 0.333 e. The highest BCUT2D eigenvalue weighted by atomic mass is 16.7. The number of benzene rings is 3. The fourth-order valence-electron chi connectivity index (χ4n) is 15.3. The molecule has 21 nitrogen and oxygen atoms in total. The van der Waals surface area contributed by atoms with Crippen LogP contribution < -0.4 is 35.2 Å². The van der Waals surface area contributed by atoms with E-state index in [1.807, 2.05) is 53.2 Å². The summed E-state index contributed by atoms with van der Waals surface area (Å²) in [6.45, 7) is -1.53. The molecule has 21 heteroatoms. The van der Waals surface area contributed by atoms with Gasteiger partial charge in [-0.3, -0.25) is 9.59 Å². The Morgan fingerprint density at radius 1 is 0.912 bits per heavy atom. The van der Waals surface area contributed by atoms with Crippen molar-refractivity contribution in [2.75, 3.05) is 20.0 Å². The summed E-state index contributed by atoms with van der Waals surface area (Å²) in [5, 5.41) is 94.0. The number of hydrogen-bond donors (Lipinski definition) is 11. The van der Waals surface area contributed by atoms with Crippen LogP contribution in [0, 0.1) is 46.3 Å². The van der Waals surface area contributed by atoms with Gasteiger partial charge in [-0.2, -0.15) is 0 Å². The summed E-state index contributed by atoms with van der Waals surface area (Å²) in [5.74, 6) is 5.48. The zero-order chi connectivity index (χ0) is 55.6. The highest BCUT2D eigenvalue weighted by Gasteiger charge is 2.75. The fourth-order valence-corrected chi connectivity index (χ4v) is 15.3. The maximum atomic E-state index is 14.2. The van der Waals surface area contributed by atoms with E-state index in [1.54, 1.807) is 18.3 Å².